The maximum atomic E-state index is 12.3. The molecular weight excluding hydrogens is 368 g/mol. The highest BCUT2D eigenvalue weighted by molar-refractivity contribution is 7.89. The first-order chi connectivity index (χ1) is 12.7. The first-order valence-corrected chi connectivity index (χ1v) is 9.39. The SMILES string of the molecule is NC(=[NH2+])c1ccc(CNC(=O)CNS(=O)(=O)c2cccc(C(N)=[NH2+])c2)cc1. The van der Waals surface area contributed by atoms with Crippen molar-refractivity contribution in [2.75, 3.05) is 6.54 Å². The highest BCUT2D eigenvalue weighted by Crippen LogP contribution is 2.10. The molecule has 2 rings (SSSR count). The molecule has 10 heteroatoms. The van der Waals surface area contributed by atoms with Gasteiger partial charge < -0.3 is 5.32 Å². The smallest absolute Gasteiger partial charge is 0.270 e. The Morgan fingerprint density at radius 3 is 2.19 bits per heavy atom. The Balaban J connectivity index is 1.91. The average molecular weight is 390 g/mol. The molecule has 0 saturated heterocycles. The van der Waals surface area contributed by atoms with E-state index in [9.17, 15) is 13.2 Å². The molecule has 0 bridgehead atoms. The maximum Gasteiger partial charge on any atom is 0.270 e. The summed E-state index contributed by atoms with van der Waals surface area (Å²) in [6.07, 6.45) is 0. The second kappa shape index (κ2) is 8.43. The summed E-state index contributed by atoms with van der Waals surface area (Å²) in [5, 5.41) is 13.6. The van der Waals surface area contributed by atoms with Crippen molar-refractivity contribution in [3.05, 3.63) is 65.2 Å². The van der Waals surface area contributed by atoms with Gasteiger partial charge in [0.1, 0.15) is 0 Å². The second-order valence-electron chi connectivity index (χ2n) is 5.74. The minimum absolute atomic E-state index is 0.00445. The first-order valence-electron chi connectivity index (χ1n) is 7.91. The normalized spacial score (nSPS) is 11.0. The third-order valence-electron chi connectivity index (χ3n) is 3.68. The molecule has 2 aromatic rings. The molecule has 0 unspecified atom stereocenters. The number of sulfonamides is 1. The van der Waals surface area contributed by atoms with E-state index in [4.69, 9.17) is 22.3 Å². The zero-order valence-corrected chi connectivity index (χ0v) is 15.3. The molecule has 0 aromatic heterocycles. The number of carbonyl (C=O) groups excluding carboxylic acids is 1. The van der Waals surface area contributed by atoms with E-state index in [1.807, 2.05) is 0 Å². The lowest BCUT2D eigenvalue weighted by atomic mass is 10.1. The van der Waals surface area contributed by atoms with Gasteiger partial charge >= 0.3 is 0 Å². The van der Waals surface area contributed by atoms with Crippen LogP contribution in [0.25, 0.3) is 0 Å². The van der Waals surface area contributed by atoms with Gasteiger partial charge in [-0.2, -0.15) is 0 Å². The molecule has 27 heavy (non-hydrogen) atoms. The van der Waals surface area contributed by atoms with Crippen molar-refractivity contribution in [1.82, 2.24) is 10.0 Å². The summed E-state index contributed by atoms with van der Waals surface area (Å²) in [5.74, 6) is -0.267. The van der Waals surface area contributed by atoms with Gasteiger partial charge in [0.25, 0.3) is 11.7 Å². The van der Waals surface area contributed by atoms with Crippen LogP contribution in [0, 0.1) is 0 Å². The quantitative estimate of drug-likeness (QED) is 0.200. The predicted molar refractivity (Wildman–Crippen MR) is 100 cm³/mol. The fourth-order valence-corrected chi connectivity index (χ4v) is 3.19. The van der Waals surface area contributed by atoms with Crippen molar-refractivity contribution in [2.45, 2.75) is 11.4 Å². The predicted octanol–water partition coefficient (Wildman–Crippen LogP) is -3.79. The van der Waals surface area contributed by atoms with Crippen LogP contribution >= 0.6 is 0 Å². The van der Waals surface area contributed by atoms with E-state index in [0.29, 0.717) is 11.1 Å². The van der Waals surface area contributed by atoms with Gasteiger partial charge in [0, 0.05) is 6.54 Å². The van der Waals surface area contributed by atoms with E-state index in [2.05, 4.69) is 10.0 Å². The van der Waals surface area contributed by atoms with Crippen molar-refractivity contribution in [1.29, 1.82) is 0 Å². The van der Waals surface area contributed by atoms with Crippen LogP contribution in [-0.2, 0) is 21.4 Å². The molecule has 2 aromatic carbocycles. The standard InChI is InChI=1S/C17H20N6O3S/c18-16(19)12-6-4-11(5-7-12)9-22-15(24)10-23-27(25,26)14-3-1-2-13(8-14)17(20)21/h1-8,23H,9-10H2,(H3,18,19)(H3,20,21)(H,22,24)/p+2. The summed E-state index contributed by atoms with van der Waals surface area (Å²) < 4.78 is 26.8. The van der Waals surface area contributed by atoms with Crippen LogP contribution < -0.4 is 32.3 Å². The lowest BCUT2D eigenvalue weighted by Gasteiger charge is -2.09. The second-order valence-corrected chi connectivity index (χ2v) is 7.50. The number of hydrogen-bond donors (Lipinski definition) is 6. The molecule has 0 aliphatic carbocycles. The molecule has 0 radical (unpaired) electrons. The van der Waals surface area contributed by atoms with Crippen LogP contribution in [0.3, 0.4) is 0 Å². The van der Waals surface area contributed by atoms with E-state index in [0.717, 1.165) is 5.56 Å². The van der Waals surface area contributed by atoms with E-state index in [1.165, 1.54) is 18.2 Å². The Bertz CT molecular complexity index is 970. The molecule has 0 fully saturated rings. The zero-order valence-electron chi connectivity index (χ0n) is 14.5. The highest BCUT2D eigenvalue weighted by Gasteiger charge is 2.17. The fourth-order valence-electron chi connectivity index (χ4n) is 2.16. The van der Waals surface area contributed by atoms with Gasteiger partial charge in [-0.1, -0.05) is 18.2 Å². The van der Waals surface area contributed by atoms with Crippen molar-refractivity contribution in [3.8, 4) is 0 Å². The molecule has 0 aliphatic rings. The number of amides is 1. The van der Waals surface area contributed by atoms with Gasteiger partial charge in [0.05, 0.1) is 22.6 Å². The first kappa shape index (κ1) is 20.1. The fraction of sp³-hybridized carbons (Fsp3) is 0.118. The van der Waals surface area contributed by atoms with Crippen LogP contribution in [0.2, 0.25) is 0 Å². The number of nitrogens with one attached hydrogen (secondary N) is 2. The Morgan fingerprint density at radius 1 is 0.963 bits per heavy atom. The van der Waals surface area contributed by atoms with Crippen LogP contribution in [0.4, 0.5) is 0 Å². The van der Waals surface area contributed by atoms with Gasteiger partial charge in [-0.05, 0) is 35.9 Å². The van der Waals surface area contributed by atoms with Crippen LogP contribution in [-0.4, -0.2) is 32.5 Å². The minimum atomic E-state index is -3.88. The number of benzene rings is 2. The van der Waals surface area contributed by atoms with Crippen LogP contribution in [0.5, 0.6) is 0 Å². The Kier molecular flexibility index (Phi) is 6.27. The van der Waals surface area contributed by atoms with Crippen molar-refractivity contribution >= 4 is 27.6 Å². The summed E-state index contributed by atoms with van der Waals surface area (Å²) in [6.45, 7) is -0.171. The van der Waals surface area contributed by atoms with E-state index in [-0.39, 0.29) is 23.1 Å². The van der Waals surface area contributed by atoms with Gasteiger partial charge in [-0.15, -0.1) is 0 Å². The van der Waals surface area contributed by atoms with Crippen molar-refractivity contribution in [2.24, 2.45) is 11.5 Å². The summed E-state index contributed by atoms with van der Waals surface area (Å²) in [6, 6.07) is 12.8. The minimum Gasteiger partial charge on any atom is -0.351 e. The van der Waals surface area contributed by atoms with Gasteiger partial charge in [0.2, 0.25) is 15.9 Å². The number of amidine groups is 2. The largest absolute Gasteiger partial charge is 0.351 e. The molecule has 0 spiro atoms. The number of nitrogens with two attached hydrogens (primary N) is 4. The molecule has 0 saturated carbocycles. The molecule has 0 atom stereocenters. The summed E-state index contributed by atoms with van der Waals surface area (Å²) in [4.78, 5) is 11.9. The monoisotopic (exact) mass is 390 g/mol. The maximum absolute atomic E-state index is 12.3. The van der Waals surface area contributed by atoms with Crippen molar-refractivity contribution < 1.29 is 24.0 Å². The van der Waals surface area contributed by atoms with Crippen LogP contribution in [0.1, 0.15) is 16.7 Å². The lowest BCUT2D eigenvalue weighted by molar-refractivity contribution is -0.120. The molecular formula is C17H22N6O3S+2. The van der Waals surface area contributed by atoms with E-state index < -0.39 is 22.5 Å². The summed E-state index contributed by atoms with van der Waals surface area (Å²) in [5.41, 5.74) is 12.9. The molecule has 1 amide bonds. The van der Waals surface area contributed by atoms with Gasteiger partial charge in [-0.25, -0.2) is 13.1 Å². The third kappa shape index (κ3) is 5.62. The Hall–Kier alpha value is -3.24. The van der Waals surface area contributed by atoms with Gasteiger partial charge in [-0.3, -0.25) is 27.1 Å². The van der Waals surface area contributed by atoms with Crippen molar-refractivity contribution in [3.63, 3.8) is 0 Å². The van der Waals surface area contributed by atoms with Gasteiger partial charge in [0.15, 0.2) is 0 Å². The highest BCUT2D eigenvalue weighted by atomic mass is 32.2. The lowest BCUT2D eigenvalue weighted by Crippen LogP contribution is -2.46. The number of hydrogen-bond acceptors (Lipinski definition) is 3. The summed E-state index contributed by atoms with van der Waals surface area (Å²) in [7, 11) is -3.88. The summed E-state index contributed by atoms with van der Waals surface area (Å²) >= 11 is 0. The topological polar surface area (TPSA) is 178 Å². The number of carbonyl (C=O) groups is 1. The van der Waals surface area contributed by atoms with E-state index >= 15 is 0 Å². The molecule has 10 N–H and O–H groups in total. The molecule has 0 aliphatic heterocycles. The van der Waals surface area contributed by atoms with Crippen LogP contribution in [0.15, 0.2) is 53.4 Å². The average Bonchev–Trinajstić information content (AvgIpc) is 2.65. The molecule has 0 heterocycles. The Labute approximate surface area is 156 Å². The number of rotatable bonds is 8. The third-order valence-corrected chi connectivity index (χ3v) is 5.08. The molecule has 9 nitrogen and oxygen atoms in total. The molecule has 142 valence electrons. The van der Waals surface area contributed by atoms with E-state index in [1.54, 1.807) is 30.3 Å². The zero-order chi connectivity index (χ0) is 20.0. The Morgan fingerprint density at radius 2 is 1.59 bits per heavy atom.